The molecule has 1 aromatic carbocycles. The van der Waals surface area contributed by atoms with Crippen LogP contribution in [-0.4, -0.2) is 21.3 Å². The number of imidazole rings is 1. The summed E-state index contributed by atoms with van der Waals surface area (Å²) in [5.41, 5.74) is 1.57. The molecule has 0 aliphatic carbocycles. The maximum Gasteiger partial charge on any atom is 0.239 e. The van der Waals surface area contributed by atoms with Gasteiger partial charge in [-0.3, -0.25) is 4.79 Å². The molecule has 16 heavy (non-hydrogen) atoms. The predicted molar refractivity (Wildman–Crippen MR) is 62.9 cm³/mol. The number of nitrogens with zero attached hydrogens (tertiary/aromatic N) is 2. The molecule has 1 heterocycles. The summed E-state index contributed by atoms with van der Waals surface area (Å²) < 4.78 is 1.82. The molecule has 1 N–H and O–H groups in total. The van der Waals surface area contributed by atoms with Crippen LogP contribution in [-0.2, 0) is 4.79 Å². The molecule has 2 aromatic rings. The molecule has 0 aliphatic heterocycles. The van der Waals surface area contributed by atoms with Gasteiger partial charge in [0.15, 0.2) is 0 Å². The number of amides is 1. The zero-order valence-electron chi connectivity index (χ0n) is 8.43. The van der Waals surface area contributed by atoms with E-state index in [1.54, 1.807) is 12.5 Å². The highest BCUT2D eigenvalue weighted by molar-refractivity contribution is 6.29. The fourth-order valence-corrected chi connectivity index (χ4v) is 1.46. The summed E-state index contributed by atoms with van der Waals surface area (Å²) in [6, 6.07) is 7.46. The second-order valence-electron chi connectivity index (χ2n) is 3.17. The summed E-state index contributed by atoms with van der Waals surface area (Å²) in [5.74, 6) is -0.285. The van der Waals surface area contributed by atoms with Crippen molar-refractivity contribution in [3.63, 3.8) is 0 Å². The third-order valence-corrected chi connectivity index (χ3v) is 2.32. The minimum Gasteiger partial charge on any atom is -0.323 e. The van der Waals surface area contributed by atoms with Gasteiger partial charge in [0.2, 0.25) is 5.91 Å². The average molecular weight is 236 g/mol. The Bertz CT molecular complexity index is 482. The maximum absolute atomic E-state index is 11.2. The van der Waals surface area contributed by atoms with E-state index in [0.717, 1.165) is 5.69 Å². The monoisotopic (exact) mass is 235 g/mol. The lowest BCUT2D eigenvalue weighted by molar-refractivity contribution is -0.113. The van der Waals surface area contributed by atoms with Crippen molar-refractivity contribution in [2.45, 2.75) is 0 Å². The molecule has 1 amide bonds. The van der Waals surface area contributed by atoms with Gasteiger partial charge in [-0.15, -0.1) is 11.6 Å². The van der Waals surface area contributed by atoms with Crippen LogP contribution in [0.1, 0.15) is 0 Å². The van der Waals surface area contributed by atoms with Crippen molar-refractivity contribution in [1.82, 2.24) is 9.55 Å². The van der Waals surface area contributed by atoms with Gasteiger partial charge in [-0.05, 0) is 12.1 Å². The van der Waals surface area contributed by atoms with Gasteiger partial charge in [0.05, 0.1) is 17.7 Å². The first-order valence-corrected chi connectivity index (χ1v) is 5.28. The first-order chi connectivity index (χ1) is 7.81. The fourth-order valence-electron chi connectivity index (χ4n) is 1.39. The number of nitrogens with one attached hydrogen (secondary N) is 1. The molecular formula is C11H10ClN3O. The number of aromatic nitrogens is 2. The lowest BCUT2D eigenvalue weighted by Crippen LogP contribution is -2.14. The number of carbonyl (C=O) groups excluding carboxylic acids is 1. The average Bonchev–Trinajstić information content (AvgIpc) is 2.83. The Kier molecular flexibility index (Phi) is 3.22. The fraction of sp³-hybridized carbons (Fsp3) is 0.0909. The van der Waals surface area contributed by atoms with E-state index >= 15 is 0 Å². The molecule has 0 spiro atoms. The van der Waals surface area contributed by atoms with Crippen molar-refractivity contribution in [2.24, 2.45) is 0 Å². The van der Waals surface area contributed by atoms with E-state index in [1.807, 2.05) is 35.0 Å². The minimum atomic E-state index is -0.228. The number of halogens is 1. The molecule has 0 atom stereocenters. The summed E-state index contributed by atoms with van der Waals surface area (Å²) >= 11 is 5.45. The topological polar surface area (TPSA) is 46.9 Å². The molecule has 2 rings (SSSR count). The second kappa shape index (κ2) is 4.81. The van der Waals surface area contributed by atoms with Crippen LogP contribution in [0.3, 0.4) is 0 Å². The van der Waals surface area contributed by atoms with Crippen LogP contribution in [0, 0.1) is 0 Å². The molecule has 0 unspecified atom stereocenters. The molecule has 5 heteroatoms. The Morgan fingerprint density at radius 1 is 1.44 bits per heavy atom. The molecule has 0 radical (unpaired) electrons. The molecule has 0 saturated carbocycles. The van der Waals surface area contributed by atoms with Crippen LogP contribution in [0.2, 0.25) is 0 Å². The summed E-state index contributed by atoms with van der Waals surface area (Å²) in [6.07, 6.45) is 5.16. The van der Waals surface area contributed by atoms with E-state index in [9.17, 15) is 4.79 Å². The zero-order valence-corrected chi connectivity index (χ0v) is 9.19. The first kappa shape index (κ1) is 10.7. The van der Waals surface area contributed by atoms with Gasteiger partial charge in [-0.25, -0.2) is 4.98 Å². The van der Waals surface area contributed by atoms with Crippen molar-refractivity contribution in [2.75, 3.05) is 11.2 Å². The SMILES string of the molecule is O=C(CCl)Nc1ccccc1-n1ccnc1. The smallest absolute Gasteiger partial charge is 0.239 e. The van der Waals surface area contributed by atoms with Gasteiger partial charge in [0.25, 0.3) is 0 Å². The van der Waals surface area contributed by atoms with Crippen LogP contribution in [0.25, 0.3) is 5.69 Å². The Morgan fingerprint density at radius 2 is 2.25 bits per heavy atom. The van der Waals surface area contributed by atoms with E-state index in [1.165, 1.54) is 0 Å². The van der Waals surface area contributed by atoms with Crippen molar-refractivity contribution < 1.29 is 4.79 Å². The van der Waals surface area contributed by atoms with E-state index in [2.05, 4.69) is 10.3 Å². The first-order valence-electron chi connectivity index (χ1n) is 4.74. The van der Waals surface area contributed by atoms with Crippen LogP contribution in [0.4, 0.5) is 5.69 Å². The van der Waals surface area contributed by atoms with Gasteiger partial charge < -0.3 is 9.88 Å². The highest BCUT2D eigenvalue weighted by Crippen LogP contribution is 2.19. The van der Waals surface area contributed by atoms with Gasteiger partial charge in [0, 0.05) is 12.4 Å². The number of hydrogen-bond donors (Lipinski definition) is 1. The van der Waals surface area contributed by atoms with Gasteiger partial charge in [-0.2, -0.15) is 0 Å². The number of anilines is 1. The number of para-hydroxylation sites is 2. The number of carbonyl (C=O) groups is 1. The summed E-state index contributed by atoms with van der Waals surface area (Å²) in [5, 5.41) is 2.73. The maximum atomic E-state index is 11.2. The number of rotatable bonds is 3. The quantitative estimate of drug-likeness (QED) is 0.828. The van der Waals surface area contributed by atoms with Crippen LogP contribution < -0.4 is 5.32 Å². The predicted octanol–water partition coefficient (Wildman–Crippen LogP) is 2.05. The number of alkyl halides is 1. The van der Waals surface area contributed by atoms with Crippen molar-refractivity contribution >= 4 is 23.2 Å². The van der Waals surface area contributed by atoms with Crippen LogP contribution >= 0.6 is 11.6 Å². The van der Waals surface area contributed by atoms with Gasteiger partial charge in [-0.1, -0.05) is 12.1 Å². The van der Waals surface area contributed by atoms with E-state index in [-0.39, 0.29) is 11.8 Å². The summed E-state index contributed by atoms with van der Waals surface area (Å²) in [7, 11) is 0. The highest BCUT2D eigenvalue weighted by Gasteiger charge is 2.06. The normalized spacial score (nSPS) is 10.1. The van der Waals surface area contributed by atoms with Crippen molar-refractivity contribution in [1.29, 1.82) is 0 Å². The van der Waals surface area contributed by atoms with E-state index < -0.39 is 0 Å². The molecular weight excluding hydrogens is 226 g/mol. The second-order valence-corrected chi connectivity index (χ2v) is 3.44. The van der Waals surface area contributed by atoms with Gasteiger partial charge in [0.1, 0.15) is 5.88 Å². The van der Waals surface area contributed by atoms with Crippen molar-refractivity contribution in [3.05, 3.63) is 43.0 Å². The third kappa shape index (κ3) is 2.23. The van der Waals surface area contributed by atoms with E-state index in [4.69, 9.17) is 11.6 Å². The lowest BCUT2D eigenvalue weighted by atomic mass is 10.2. The van der Waals surface area contributed by atoms with Crippen molar-refractivity contribution in [3.8, 4) is 5.69 Å². The molecule has 4 nitrogen and oxygen atoms in total. The molecule has 0 saturated heterocycles. The van der Waals surface area contributed by atoms with Crippen LogP contribution in [0.5, 0.6) is 0 Å². The summed E-state index contributed by atoms with van der Waals surface area (Å²) in [6.45, 7) is 0. The zero-order chi connectivity index (χ0) is 11.4. The Balaban J connectivity index is 2.35. The molecule has 1 aromatic heterocycles. The van der Waals surface area contributed by atoms with Crippen LogP contribution in [0.15, 0.2) is 43.0 Å². The third-order valence-electron chi connectivity index (χ3n) is 2.08. The molecule has 0 aliphatic rings. The number of benzene rings is 1. The van der Waals surface area contributed by atoms with Gasteiger partial charge >= 0.3 is 0 Å². The largest absolute Gasteiger partial charge is 0.323 e. The number of hydrogen-bond acceptors (Lipinski definition) is 2. The van der Waals surface area contributed by atoms with E-state index in [0.29, 0.717) is 5.69 Å². The molecule has 0 bridgehead atoms. The highest BCUT2D eigenvalue weighted by atomic mass is 35.5. The standard InChI is InChI=1S/C11H10ClN3O/c12-7-11(16)14-9-3-1-2-4-10(9)15-6-5-13-8-15/h1-6,8H,7H2,(H,14,16). The summed E-state index contributed by atoms with van der Waals surface area (Å²) in [4.78, 5) is 15.2. The Labute approximate surface area is 97.9 Å². The Morgan fingerprint density at radius 3 is 2.94 bits per heavy atom. The molecule has 82 valence electrons. The lowest BCUT2D eigenvalue weighted by Gasteiger charge is -2.10. The Hall–Kier alpha value is -1.81. The minimum absolute atomic E-state index is 0.0573. The molecule has 0 fully saturated rings.